The van der Waals surface area contributed by atoms with E-state index in [-0.39, 0.29) is 42.8 Å². The zero-order chi connectivity index (χ0) is 26.1. The Morgan fingerprint density at radius 2 is 1.86 bits per heavy atom. The van der Waals surface area contributed by atoms with Gasteiger partial charge in [0.1, 0.15) is 11.5 Å². The number of amides is 1. The third-order valence-corrected chi connectivity index (χ3v) is 7.31. The lowest BCUT2D eigenvalue weighted by Crippen LogP contribution is -2.56. The van der Waals surface area contributed by atoms with Crippen molar-refractivity contribution >= 4 is 28.4 Å². The Morgan fingerprint density at radius 1 is 1.14 bits per heavy atom. The molecule has 0 bridgehead atoms. The number of carbonyl (C=O) groups is 1. The second-order valence-corrected chi connectivity index (χ2v) is 9.99. The minimum absolute atomic E-state index is 0.00532. The van der Waals surface area contributed by atoms with Crippen LogP contribution in [0.3, 0.4) is 0 Å². The number of likely N-dealkylation sites (tertiary alicyclic amines) is 1. The van der Waals surface area contributed by atoms with Gasteiger partial charge in [-0.05, 0) is 37.5 Å². The molecule has 2 N–H and O–H groups in total. The van der Waals surface area contributed by atoms with Crippen LogP contribution in [0.15, 0.2) is 54.4 Å². The van der Waals surface area contributed by atoms with Crippen molar-refractivity contribution in [3.8, 4) is 0 Å². The number of halogens is 6. The maximum Gasteiger partial charge on any atom is 0.417 e. The Kier molecular flexibility index (Phi) is 7.44. The molecule has 1 fully saturated rings. The second-order valence-electron chi connectivity index (χ2n) is 8.64. The molecule has 5 nitrogen and oxygen atoms in total. The fraction of sp³-hybridized carbons (Fsp3) is 0.417. The Hall–Kier alpha value is -2.89. The van der Waals surface area contributed by atoms with Crippen molar-refractivity contribution < 1.29 is 31.1 Å². The van der Waals surface area contributed by atoms with Gasteiger partial charge in [-0.3, -0.25) is 4.79 Å². The van der Waals surface area contributed by atoms with Crippen LogP contribution < -0.4 is 10.6 Å². The summed E-state index contributed by atoms with van der Waals surface area (Å²) in [6.45, 7) is 1.67. The molecule has 2 aliphatic rings. The van der Waals surface area contributed by atoms with Crippen LogP contribution in [-0.4, -0.2) is 46.5 Å². The van der Waals surface area contributed by atoms with Gasteiger partial charge in [-0.25, -0.2) is 4.98 Å². The van der Waals surface area contributed by atoms with Crippen molar-refractivity contribution in [1.82, 2.24) is 15.2 Å². The summed E-state index contributed by atoms with van der Waals surface area (Å²) in [6.07, 6.45) is -8.48. The lowest BCUT2D eigenvalue weighted by Gasteiger charge is -2.42. The monoisotopic (exact) mass is 530 g/mol. The Morgan fingerprint density at radius 3 is 2.47 bits per heavy atom. The zero-order valence-corrected chi connectivity index (χ0v) is 20.0. The molecule has 0 spiro atoms. The molecule has 3 unspecified atom stereocenters. The van der Waals surface area contributed by atoms with Gasteiger partial charge in [0.2, 0.25) is 0 Å². The quantitative estimate of drug-likeness (QED) is 0.484. The van der Waals surface area contributed by atoms with Gasteiger partial charge >= 0.3 is 12.4 Å². The van der Waals surface area contributed by atoms with E-state index in [0.29, 0.717) is 11.1 Å². The molecule has 2 aliphatic heterocycles. The van der Waals surface area contributed by atoms with Crippen LogP contribution in [0, 0.1) is 5.92 Å². The lowest BCUT2D eigenvalue weighted by atomic mass is 9.88. The predicted octanol–water partition coefficient (Wildman–Crippen LogP) is 5.73. The molecule has 2 aromatic rings. The first-order valence-electron chi connectivity index (χ1n) is 11.3. The highest BCUT2D eigenvalue weighted by molar-refractivity contribution is 8.09. The number of anilines is 1. The number of benzene rings is 1. The highest BCUT2D eigenvalue weighted by atomic mass is 32.2. The number of thioether (sulfide) groups is 1. The van der Waals surface area contributed by atoms with E-state index in [0.717, 1.165) is 17.7 Å². The van der Waals surface area contributed by atoms with E-state index in [2.05, 4.69) is 15.6 Å². The lowest BCUT2D eigenvalue weighted by molar-refractivity contribution is -0.200. The van der Waals surface area contributed by atoms with E-state index in [1.54, 1.807) is 0 Å². The van der Waals surface area contributed by atoms with Gasteiger partial charge < -0.3 is 15.5 Å². The summed E-state index contributed by atoms with van der Waals surface area (Å²) in [5.41, 5.74) is 0.0740. The molecular formula is C24H24F6N4OS. The van der Waals surface area contributed by atoms with Gasteiger partial charge in [0.05, 0.1) is 22.9 Å². The second kappa shape index (κ2) is 10.2. The molecule has 0 saturated carbocycles. The summed E-state index contributed by atoms with van der Waals surface area (Å²) in [4.78, 5) is 19.2. The first kappa shape index (κ1) is 26.2. The van der Waals surface area contributed by atoms with E-state index < -0.39 is 35.8 Å². The first-order chi connectivity index (χ1) is 16.9. The molecule has 12 heteroatoms. The number of alkyl halides is 6. The molecule has 3 heterocycles. The Bertz CT molecular complexity index is 1100. The molecule has 1 aromatic carbocycles. The molecule has 194 valence electrons. The fourth-order valence-corrected chi connectivity index (χ4v) is 5.52. The van der Waals surface area contributed by atoms with Gasteiger partial charge in [0, 0.05) is 24.2 Å². The topological polar surface area (TPSA) is 57.3 Å². The number of nitrogens with one attached hydrogen (secondary N) is 2. The molecule has 1 amide bonds. The summed E-state index contributed by atoms with van der Waals surface area (Å²) in [5, 5.41) is 5.66. The summed E-state index contributed by atoms with van der Waals surface area (Å²) in [5.74, 6) is -2.33. The first-order valence-corrected chi connectivity index (χ1v) is 12.2. The number of aromatic nitrogens is 1. The molecular weight excluding hydrogens is 506 g/mol. The highest BCUT2D eigenvalue weighted by Crippen LogP contribution is 2.42. The van der Waals surface area contributed by atoms with Crippen LogP contribution in [0.1, 0.15) is 30.9 Å². The van der Waals surface area contributed by atoms with E-state index >= 15 is 0 Å². The van der Waals surface area contributed by atoms with Gasteiger partial charge in [-0.2, -0.15) is 26.3 Å². The number of pyridine rings is 1. The number of hydrogen-bond donors (Lipinski definition) is 2. The van der Waals surface area contributed by atoms with Gasteiger partial charge in [0.25, 0.3) is 5.91 Å². The van der Waals surface area contributed by atoms with E-state index in [1.165, 1.54) is 16.7 Å². The van der Waals surface area contributed by atoms with Crippen LogP contribution in [0.5, 0.6) is 0 Å². The summed E-state index contributed by atoms with van der Waals surface area (Å²) in [7, 11) is 0. The highest BCUT2D eigenvalue weighted by Gasteiger charge is 2.50. The van der Waals surface area contributed by atoms with Crippen molar-refractivity contribution in [2.24, 2.45) is 5.92 Å². The molecule has 0 radical (unpaired) electrons. The SMILES string of the molecule is CC1NC(C(=O)N2CCCC(C(F)(F)F)C2CNc2ccc(C(F)(F)F)cn2)=C(c2ccccc2)S1. The average Bonchev–Trinajstić information content (AvgIpc) is 3.23. The summed E-state index contributed by atoms with van der Waals surface area (Å²) in [6, 6.07) is 9.74. The van der Waals surface area contributed by atoms with Crippen LogP contribution in [0.25, 0.3) is 4.91 Å². The minimum atomic E-state index is -4.58. The minimum Gasteiger partial charge on any atom is -0.368 e. The molecule has 4 rings (SSSR count). The number of piperidine rings is 1. The van der Waals surface area contributed by atoms with E-state index in [1.807, 2.05) is 37.3 Å². The van der Waals surface area contributed by atoms with Crippen LogP contribution in [0.2, 0.25) is 0 Å². The zero-order valence-electron chi connectivity index (χ0n) is 19.2. The average molecular weight is 531 g/mol. The standard InChI is InChI=1S/C24H24F6N4OS/c1-14-33-20(21(36-14)15-6-3-2-4-7-15)22(35)34-11-5-8-17(24(28,29)30)18(34)13-32-19-10-9-16(12-31-19)23(25,26)27/h2-4,6-7,9-10,12,14,17-18,33H,5,8,11,13H2,1H3,(H,31,32). The van der Waals surface area contributed by atoms with Gasteiger partial charge in [-0.15, -0.1) is 0 Å². The van der Waals surface area contributed by atoms with Gasteiger partial charge in [0.15, 0.2) is 0 Å². The molecule has 36 heavy (non-hydrogen) atoms. The largest absolute Gasteiger partial charge is 0.417 e. The Labute approximate surface area is 208 Å². The molecule has 1 saturated heterocycles. The number of nitrogens with zero attached hydrogens (tertiary/aromatic N) is 2. The molecule has 0 aliphatic carbocycles. The normalized spacial score (nSPS) is 23.0. The predicted molar refractivity (Wildman–Crippen MR) is 126 cm³/mol. The molecule has 3 atom stereocenters. The maximum atomic E-state index is 14.0. The number of carbonyl (C=O) groups excluding carboxylic acids is 1. The van der Waals surface area contributed by atoms with Crippen molar-refractivity contribution in [1.29, 1.82) is 0 Å². The van der Waals surface area contributed by atoms with Gasteiger partial charge in [-0.1, -0.05) is 42.1 Å². The van der Waals surface area contributed by atoms with Crippen LogP contribution in [-0.2, 0) is 11.0 Å². The van der Waals surface area contributed by atoms with Crippen molar-refractivity contribution in [2.45, 2.75) is 43.5 Å². The van der Waals surface area contributed by atoms with Crippen molar-refractivity contribution in [3.63, 3.8) is 0 Å². The maximum absolute atomic E-state index is 14.0. The Balaban J connectivity index is 1.61. The number of rotatable bonds is 5. The third kappa shape index (κ3) is 5.74. The van der Waals surface area contributed by atoms with Crippen molar-refractivity contribution in [2.75, 3.05) is 18.4 Å². The van der Waals surface area contributed by atoms with Crippen molar-refractivity contribution in [3.05, 3.63) is 65.5 Å². The third-order valence-electron chi connectivity index (χ3n) is 6.16. The van der Waals surface area contributed by atoms with Crippen LogP contribution in [0.4, 0.5) is 32.2 Å². The van der Waals surface area contributed by atoms with E-state index in [9.17, 15) is 31.1 Å². The van der Waals surface area contributed by atoms with E-state index in [4.69, 9.17) is 0 Å². The summed E-state index contributed by atoms with van der Waals surface area (Å²) >= 11 is 1.42. The number of hydrogen-bond acceptors (Lipinski definition) is 5. The fourth-order valence-electron chi connectivity index (χ4n) is 4.46. The smallest absolute Gasteiger partial charge is 0.368 e. The molecule has 1 aromatic heterocycles. The summed E-state index contributed by atoms with van der Waals surface area (Å²) < 4.78 is 80.4. The van der Waals surface area contributed by atoms with Crippen LogP contribution >= 0.6 is 11.8 Å².